The molecule has 2 amide bonds. The van der Waals surface area contributed by atoms with E-state index in [1.807, 2.05) is 18.2 Å². The molecule has 0 bridgehead atoms. The molecule has 3 rings (SSSR count). The summed E-state index contributed by atoms with van der Waals surface area (Å²) in [5.74, 6) is 1.81. The van der Waals surface area contributed by atoms with Gasteiger partial charge in [0.1, 0.15) is 5.75 Å². The Morgan fingerprint density at radius 2 is 1.81 bits per heavy atom. The van der Waals surface area contributed by atoms with Gasteiger partial charge in [-0.3, -0.25) is 5.01 Å². The molecular weight excluding hydrogens is 440 g/mol. The summed E-state index contributed by atoms with van der Waals surface area (Å²) in [7, 11) is 4.72. The Morgan fingerprint density at radius 1 is 1.06 bits per heavy atom. The van der Waals surface area contributed by atoms with Crippen LogP contribution in [-0.4, -0.2) is 55.6 Å². The number of hydrogen-bond acceptors (Lipinski definition) is 5. The van der Waals surface area contributed by atoms with Crippen LogP contribution in [0, 0.1) is 0 Å². The number of para-hydroxylation sites is 1. The number of amides is 2. The molecule has 0 atom stereocenters. The molecule has 0 aliphatic carbocycles. The first kappa shape index (κ1) is 22.8. The van der Waals surface area contributed by atoms with Crippen LogP contribution in [0.1, 0.15) is 12.0 Å². The summed E-state index contributed by atoms with van der Waals surface area (Å²) in [4.78, 5) is 12.9. The average molecular weight is 465 g/mol. The van der Waals surface area contributed by atoms with Crippen LogP contribution in [0.15, 0.2) is 36.4 Å². The number of thiocarbonyl (C=S) groups is 1. The number of hydrazine groups is 1. The maximum Gasteiger partial charge on any atom is 0.340 e. The number of ether oxygens (including phenoxy) is 3. The van der Waals surface area contributed by atoms with Gasteiger partial charge < -0.3 is 24.8 Å². The normalized spacial score (nSPS) is 13.0. The minimum atomic E-state index is -0.318. The molecule has 1 heterocycles. The van der Waals surface area contributed by atoms with Crippen LogP contribution in [0.2, 0.25) is 5.02 Å². The fourth-order valence-electron chi connectivity index (χ4n) is 3.35. The van der Waals surface area contributed by atoms with Gasteiger partial charge in [-0.2, -0.15) is 0 Å². The van der Waals surface area contributed by atoms with Crippen molar-refractivity contribution in [2.75, 3.05) is 39.7 Å². The summed E-state index contributed by atoms with van der Waals surface area (Å²) in [5, 5.41) is 10.3. The molecule has 2 N–H and O–H groups in total. The lowest BCUT2D eigenvalue weighted by Crippen LogP contribution is -2.50. The van der Waals surface area contributed by atoms with E-state index in [9.17, 15) is 4.79 Å². The third-order valence-electron chi connectivity index (χ3n) is 4.82. The number of nitrogens with zero attached hydrogens (tertiary/aromatic N) is 2. The minimum absolute atomic E-state index is 0.318. The van der Waals surface area contributed by atoms with E-state index in [2.05, 4.69) is 10.6 Å². The molecule has 2 aromatic rings. The zero-order chi connectivity index (χ0) is 22.4. The quantitative estimate of drug-likeness (QED) is 0.628. The van der Waals surface area contributed by atoms with Gasteiger partial charge in [0.25, 0.3) is 0 Å². The molecule has 1 saturated heterocycles. The van der Waals surface area contributed by atoms with Crippen molar-refractivity contribution in [3.63, 3.8) is 0 Å². The Hall–Kier alpha value is -2.91. The van der Waals surface area contributed by atoms with Crippen molar-refractivity contribution >= 4 is 40.6 Å². The first-order chi connectivity index (χ1) is 15.0. The lowest BCUT2D eigenvalue weighted by atomic mass is 10.2. The number of carbonyl (C=O) groups excluding carboxylic acids is 1. The van der Waals surface area contributed by atoms with Crippen molar-refractivity contribution in [3.05, 3.63) is 47.0 Å². The second kappa shape index (κ2) is 10.4. The Balaban J connectivity index is 1.67. The second-order valence-electron chi connectivity index (χ2n) is 6.69. The Bertz CT molecular complexity index is 959. The molecule has 166 valence electrons. The molecule has 0 radical (unpaired) electrons. The standard InChI is InChI=1S/C21H25ClN4O4S/c1-28-17-9-8-15(22)12-16(17)24-20(27)25-10-5-11-26(25)21(31)23-13-14-6-4-7-18(29-2)19(14)30-3/h4,6-9,12H,5,10-11,13H2,1-3H3,(H,23,31)(H,24,27). The van der Waals surface area contributed by atoms with Gasteiger partial charge in [-0.15, -0.1) is 0 Å². The van der Waals surface area contributed by atoms with Gasteiger partial charge in [-0.25, -0.2) is 9.80 Å². The SMILES string of the molecule is COc1ccc(Cl)cc1NC(=O)N1CCCN1C(=S)NCc1cccc(OC)c1OC. The molecule has 0 aromatic heterocycles. The number of anilines is 1. The first-order valence-corrected chi connectivity index (χ1v) is 10.4. The zero-order valence-electron chi connectivity index (χ0n) is 17.6. The molecule has 8 nitrogen and oxygen atoms in total. The molecular formula is C21H25ClN4O4S. The van der Waals surface area contributed by atoms with E-state index in [1.165, 1.54) is 7.11 Å². The summed E-state index contributed by atoms with van der Waals surface area (Å²) in [6.07, 6.45) is 0.796. The number of rotatable bonds is 6. The van der Waals surface area contributed by atoms with Crippen LogP contribution in [0.4, 0.5) is 10.5 Å². The summed E-state index contributed by atoms with van der Waals surface area (Å²) in [6.45, 7) is 1.59. The molecule has 0 spiro atoms. The van der Waals surface area contributed by atoms with Crippen molar-refractivity contribution in [2.45, 2.75) is 13.0 Å². The van der Waals surface area contributed by atoms with Crippen LogP contribution >= 0.6 is 23.8 Å². The van der Waals surface area contributed by atoms with E-state index >= 15 is 0 Å². The van der Waals surface area contributed by atoms with Crippen LogP contribution in [0.25, 0.3) is 0 Å². The molecule has 2 aromatic carbocycles. The van der Waals surface area contributed by atoms with E-state index in [1.54, 1.807) is 42.4 Å². The van der Waals surface area contributed by atoms with E-state index in [0.29, 0.717) is 52.7 Å². The lowest BCUT2D eigenvalue weighted by Gasteiger charge is -2.30. The molecule has 31 heavy (non-hydrogen) atoms. The summed E-state index contributed by atoms with van der Waals surface area (Å²) < 4.78 is 16.1. The topological polar surface area (TPSA) is 75.3 Å². The van der Waals surface area contributed by atoms with Crippen molar-refractivity contribution in [3.8, 4) is 17.2 Å². The Kier molecular flexibility index (Phi) is 7.64. The van der Waals surface area contributed by atoms with Crippen molar-refractivity contribution in [2.24, 2.45) is 0 Å². The van der Waals surface area contributed by atoms with E-state index in [0.717, 1.165) is 12.0 Å². The van der Waals surface area contributed by atoms with Crippen molar-refractivity contribution in [1.82, 2.24) is 15.3 Å². The third-order valence-corrected chi connectivity index (χ3v) is 5.41. The van der Waals surface area contributed by atoms with Crippen LogP contribution in [0.5, 0.6) is 17.2 Å². The van der Waals surface area contributed by atoms with Crippen molar-refractivity contribution < 1.29 is 19.0 Å². The van der Waals surface area contributed by atoms with Crippen LogP contribution < -0.4 is 24.8 Å². The average Bonchev–Trinajstić information content (AvgIpc) is 3.27. The van der Waals surface area contributed by atoms with Crippen molar-refractivity contribution in [1.29, 1.82) is 0 Å². The predicted molar refractivity (Wildman–Crippen MR) is 124 cm³/mol. The highest BCUT2D eigenvalue weighted by Crippen LogP contribution is 2.31. The summed E-state index contributed by atoms with van der Waals surface area (Å²) in [6, 6.07) is 10.4. The Morgan fingerprint density at radius 3 is 2.52 bits per heavy atom. The Labute approximate surface area is 192 Å². The molecule has 10 heteroatoms. The minimum Gasteiger partial charge on any atom is -0.495 e. The van der Waals surface area contributed by atoms with E-state index in [-0.39, 0.29) is 6.03 Å². The highest BCUT2D eigenvalue weighted by atomic mass is 35.5. The van der Waals surface area contributed by atoms with Gasteiger partial charge in [0.2, 0.25) is 0 Å². The molecule has 1 aliphatic heterocycles. The fraction of sp³-hybridized carbons (Fsp3) is 0.333. The second-order valence-corrected chi connectivity index (χ2v) is 7.51. The lowest BCUT2D eigenvalue weighted by molar-refractivity contribution is 0.136. The molecule has 0 unspecified atom stereocenters. The number of carbonyl (C=O) groups is 1. The molecule has 0 saturated carbocycles. The van der Waals surface area contributed by atoms with Gasteiger partial charge in [0.05, 0.1) is 27.0 Å². The van der Waals surface area contributed by atoms with E-state index < -0.39 is 0 Å². The maximum absolute atomic E-state index is 12.9. The van der Waals surface area contributed by atoms with E-state index in [4.69, 9.17) is 38.0 Å². The van der Waals surface area contributed by atoms with Gasteiger partial charge in [0, 0.05) is 30.2 Å². The number of methoxy groups -OCH3 is 3. The predicted octanol–water partition coefficient (Wildman–Crippen LogP) is 3.90. The number of halogens is 1. The number of nitrogens with one attached hydrogen (secondary N) is 2. The third kappa shape index (κ3) is 5.23. The van der Waals surface area contributed by atoms with Crippen LogP contribution in [-0.2, 0) is 6.54 Å². The van der Waals surface area contributed by atoms with Gasteiger partial charge in [-0.1, -0.05) is 23.7 Å². The first-order valence-electron chi connectivity index (χ1n) is 9.65. The fourth-order valence-corrected chi connectivity index (χ4v) is 3.78. The summed E-state index contributed by atoms with van der Waals surface area (Å²) in [5.41, 5.74) is 1.38. The number of benzene rings is 2. The smallest absolute Gasteiger partial charge is 0.340 e. The highest BCUT2D eigenvalue weighted by Gasteiger charge is 2.29. The largest absolute Gasteiger partial charge is 0.495 e. The number of urea groups is 1. The maximum atomic E-state index is 12.9. The molecule has 1 fully saturated rings. The number of hydrogen-bond donors (Lipinski definition) is 2. The monoisotopic (exact) mass is 464 g/mol. The summed E-state index contributed by atoms with van der Waals surface area (Å²) >= 11 is 11.6. The highest BCUT2D eigenvalue weighted by molar-refractivity contribution is 7.80. The zero-order valence-corrected chi connectivity index (χ0v) is 19.2. The van der Waals surface area contributed by atoms with Gasteiger partial charge in [0.15, 0.2) is 16.6 Å². The van der Waals surface area contributed by atoms with Gasteiger partial charge >= 0.3 is 6.03 Å². The van der Waals surface area contributed by atoms with Gasteiger partial charge in [-0.05, 0) is 42.9 Å². The molecule has 1 aliphatic rings. The van der Waals surface area contributed by atoms with Crippen LogP contribution in [0.3, 0.4) is 0 Å².